The number of morpholine rings is 1. The molecule has 0 unspecified atom stereocenters. The van der Waals surface area contributed by atoms with Crippen LogP contribution in [-0.2, 0) is 14.3 Å². The summed E-state index contributed by atoms with van der Waals surface area (Å²) in [5.74, 6) is -0.981. The Hall–Kier alpha value is -2.87. The van der Waals surface area contributed by atoms with Gasteiger partial charge in [-0.3, -0.25) is 14.7 Å². The fourth-order valence-electron chi connectivity index (χ4n) is 4.50. The van der Waals surface area contributed by atoms with Crippen LogP contribution >= 0.6 is 23.2 Å². The first-order valence-electron chi connectivity index (χ1n) is 11.1. The summed E-state index contributed by atoms with van der Waals surface area (Å²) in [7, 11) is 0. The fraction of sp³-hybridized carbons (Fsp3) is 0.320. The first-order chi connectivity index (χ1) is 16.4. The molecule has 1 amide bonds. The number of benzene rings is 2. The molecule has 0 spiro atoms. The summed E-state index contributed by atoms with van der Waals surface area (Å²) in [4.78, 5) is 26.8. The van der Waals surface area contributed by atoms with Crippen LogP contribution in [-0.4, -0.2) is 44.7 Å². The SMILES string of the molecule is O=C(O)C[C@H]1O[C@H](c2cc(Cl)cc(-c3cn[nH]c3)c2)[C@@H](c2ccc(Cl)cc2)N(CC2CC2)C1=O. The van der Waals surface area contributed by atoms with Crippen molar-refractivity contribution in [2.24, 2.45) is 5.92 Å². The van der Waals surface area contributed by atoms with Crippen LogP contribution < -0.4 is 0 Å². The third-order valence-corrected chi connectivity index (χ3v) is 6.77. The van der Waals surface area contributed by atoms with Crippen molar-refractivity contribution in [3.8, 4) is 11.1 Å². The summed E-state index contributed by atoms with van der Waals surface area (Å²) in [6, 6.07) is 12.5. The molecular formula is C25H23Cl2N3O4. The third kappa shape index (κ3) is 4.82. The van der Waals surface area contributed by atoms with E-state index in [1.165, 1.54) is 0 Å². The Labute approximate surface area is 206 Å². The number of carboxylic acids is 1. The number of hydrogen-bond donors (Lipinski definition) is 2. The Morgan fingerprint density at radius 1 is 1.09 bits per heavy atom. The highest BCUT2D eigenvalue weighted by Crippen LogP contribution is 2.46. The molecule has 7 nitrogen and oxygen atoms in total. The van der Waals surface area contributed by atoms with Gasteiger partial charge in [0.2, 0.25) is 0 Å². The van der Waals surface area contributed by atoms with Crippen LogP contribution in [0, 0.1) is 5.92 Å². The van der Waals surface area contributed by atoms with Gasteiger partial charge in [-0.05, 0) is 65.8 Å². The zero-order valence-corrected chi connectivity index (χ0v) is 19.7. The molecule has 3 aromatic rings. The molecule has 0 bridgehead atoms. The molecule has 2 aliphatic rings. The third-order valence-electron chi connectivity index (χ3n) is 6.30. The monoisotopic (exact) mass is 499 g/mol. The first-order valence-corrected chi connectivity index (χ1v) is 11.9. The van der Waals surface area contributed by atoms with Gasteiger partial charge >= 0.3 is 5.97 Å². The maximum Gasteiger partial charge on any atom is 0.306 e. The molecule has 1 saturated carbocycles. The maximum absolute atomic E-state index is 13.4. The molecule has 1 aromatic heterocycles. The van der Waals surface area contributed by atoms with Gasteiger partial charge in [0.1, 0.15) is 12.2 Å². The van der Waals surface area contributed by atoms with E-state index in [1.54, 1.807) is 29.4 Å². The number of ether oxygens (including phenoxy) is 1. The average Bonchev–Trinajstić information content (AvgIpc) is 3.45. The standard InChI is InChI=1S/C25H23Cl2N3O4/c26-19-5-3-15(4-6-19)23-24(17-7-16(8-20(27)9-17)18-11-28-29-12-18)34-21(10-22(31)32)25(33)30(23)13-14-1-2-14/h3-9,11-12,14,21,23-24H,1-2,10,13H2,(H,28,29)(H,31,32)/t21-,23-,24-/m1/s1. The summed E-state index contributed by atoms with van der Waals surface area (Å²) >= 11 is 12.6. The average molecular weight is 500 g/mol. The minimum atomic E-state index is -1.08. The number of carbonyl (C=O) groups is 2. The molecule has 3 atom stereocenters. The van der Waals surface area contributed by atoms with Crippen LogP contribution in [0.15, 0.2) is 54.9 Å². The van der Waals surface area contributed by atoms with Crippen molar-refractivity contribution in [1.82, 2.24) is 15.1 Å². The van der Waals surface area contributed by atoms with E-state index >= 15 is 0 Å². The largest absolute Gasteiger partial charge is 0.481 e. The van der Waals surface area contributed by atoms with Gasteiger partial charge in [0, 0.05) is 28.4 Å². The lowest BCUT2D eigenvalue weighted by Gasteiger charge is -2.45. The molecule has 2 fully saturated rings. The Morgan fingerprint density at radius 2 is 1.85 bits per heavy atom. The van der Waals surface area contributed by atoms with Gasteiger partial charge in [-0.2, -0.15) is 5.10 Å². The number of nitrogens with zero attached hydrogens (tertiary/aromatic N) is 2. The number of carbonyl (C=O) groups excluding carboxylic acids is 1. The number of nitrogens with one attached hydrogen (secondary N) is 1. The zero-order valence-electron chi connectivity index (χ0n) is 18.2. The van der Waals surface area contributed by atoms with Crippen molar-refractivity contribution in [3.63, 3.8) is 0 Å². The van der Waals surface area contributed by atoms with E-state index in [1.807, 2.05) is 30.3 Å². The topological polar surface area (TPSA) is 95.5 Å². The van der Waals surface area contributed by atoms with E-state index in [9.17, 15) is 14.7 Å². The van der Waals surface area contributed by atoms with Gasteiger partial charge in [0.25, 0.3) is 5.91 Å². The highest BCUT2D eigenvalue weighted by molar-refractivity contribution is 6.31. The van der Waals surface area contributed by atoms with Crippen molar-refractivity contribution in [3.05, 3.63) is 76.0 Å². The highest BCUT2D eigenvalue weighted by Gasteiger charge is 2.46. The molecular weight excluding hydrogens is 477 g/mol. The molecule has 176 valence electrons. The van der Waals surface area contributed by atoms with E-state index in [-0.39, 0.29) is 5.91 Å². The number of H-pyrrole nitrogens is 1. The van der Waals surface area contributed by atoms with Gasteiger partial charge in [-0.15, -0.1) is 0 Å². The fourth-order valence-corrected chi connectivity index (χ4v) is 4.87. The molecule has 0 radical (unpaired) electrons. The molecule has 2 aromatic carbocycles. The summed E-state index contributed by atoms with van der Waals surface area (Å²) in [5.41, 5.74) is 3.32. The molecule has 34 heavy (non-hydrogen) atoms. The normalized spacial score (nSPS) is 22.7. The van der Waals surface area contributed by atoms with Crippen molar-refractivity contribution < 1.29 is 19.4 Å². The van der Waals surface area contributed by atoms with Crippen molar-refractivity contribution in [2.75, 3.05) is 6.54 Å². The van der Waals surface area contributed by atoms with Crippen molar-refractivity contribution in [2.45, 2.75) is 37.5 Å². The maximum atomic E-state index is 13.4. The number of carboxylic acid groups (broad SMARTS) is 1. The van der Waals surface area contributed by atoms with Gasteiger partial charge in [-0.1, -0.05) is 35.3 Å². The van der Waals surface area contributed by atoms with Gasteiger partial charge in [-0.25, -0.2) is 0 Å². The molecule has 2 heterocycles. The van der Waals surface area contributed by atoms with E-state index in [2.05, 4.69) is 10.2 Å². The van der Waals surface area contributed by atoms with Crippen LogP contribution in [0.4, 0.5) is 0 Å². The molecule has 9 heteroatoms. The quantitative estimate of drug-likeness (QED) is 0.461. The predicted molar refractivity (Wildman–Crippen MR) is 128 cm³/mol. The first kappa shape index (κ1) is 22.9. The number of aromatic nitrogens is 2. The van der Waals surface area contributed by atoms with Crippen LogP contribution in [0.5, 0.6) is 0 Å². The van der Waals surface area contributed by atoms with Gasteiger partial charge < -0.3 is 14.7 Å². The minimum absolute atomic E-state index is 0.303. The minimum Gasteiger partial charge on any atom is -0.481 e. The van der Waals surface area contributed by atoms with Crippen LogP contribution in [0.1, 0.15) is 42.5 Å². The predicted octanol–water partition coefficient (Wildman–Crippen LogP) is 5.28. The summed E-state index contributed by atoms with van der Waals surface area (Å²) in [6.45, 7) is 0.553. The van der Waals surface area contributed by atoms with Gasteiger partial charge in [0.15, 0.2) is 0 Å². The lowest BCUT2D eigenvalue weighted by atomic mass is 9.89. The summed E-state index contributed by atoms with van der Waals surface area (Å²) in [5, 5.41) is 17.4. The van der Waals surface area contributed by atoms with Crippen LogP contribution in [0.2, 0.25) is 10.0 Å². The Morgan fingerprint density at radius 3 is 2.50 bits per heavy atom. The number of hydrogen-bond acceptors (Lipinski definition) is 4. The van der Waals surface area contributed by atoms with Gasteiger partial charge in [0.05, 0.1) is 18.7 Å². The van der Waals surface area contributed by atoms with Crippen LogP contribution in [0.25, 0.3) is 11.1 Å². The number of aliphatic carboxylic acids is 1. The Bertz CT molecular complexity index is 1200. The smallest absolute Gasteiger partial charge is 0.306 e. The van der Waals surface area contributed by atoms with E-state index in [0.717, 1.165) is 35.1 Å². The second kappa shape index (κ2) is 9.41. The van der Waals surface area contributed by atoms with E-state index in [4.69, 9.17) is 27.9 Å². The Kier molecular flexibility index (Phi) is 6.34. The second-order valence-corrected chi connectivity index (χ2v) is 9.71. The van der Waals surface area contributed by atoms with E-state index in [0.29, 0.717) is 22.5 Å². The molecule has 1 aliphatic heterocycles. The van der Waals surface area contributed by atoms with Crippen molar-refractivity contribution >= 4 is 35.1 Å². The number of halogens is 2. The van der Waals surface area contributed by atoms with Crippen molar-refractivity contribution in [1.29, 1.82) is 0 Å². The lowest BCUT2D eigenvalue weighted by Crippen LogP contribution is -2.52. The number of amides is 1. The molecule has 2 N–H and O–H groups in total. The van der Waals surface area contributed by atoms with E-state index < -0.39 is 30.6 Å². The summed E-state index contributed by atoms with van der Waals surface area (Å²) < 4.78 is 6.27. The summed E-state index contributed by atoms with van der Waals surface area (Å²) in [6.07, 6.45) is 3.46. The molecule has 1 saturated heterocycles. The number of rotatable bonds is 7. The molecule has 1 aliphatic carbocycles. The van der Waals surface area contributed by atoms with Crippen LogP contribution in [0.3, 0.4) is 0 Å². The highest BCUT2D eigenvalue weighted by atomic mass is 35.5. The second-order valence-electron chi connectivity index (χ2n) is 8.83. The lowest BCUT2D eigenvalue weighted by molar-refractivity contribution is -0.179. The number of aromatic amines is 1. The Balaban J connectivity index is 1.62. The molecule has 5 rings (SSSR count). The zero-order chi connectivity index (χ0) is 23.8.